The number of aryl methyl sites for hydroxylation is 1. The van der Waals surface area contributed by atoms with Crippen molar-refractivity contribution in [2.24, 2.45) is 0 Å². The van der Waals surface area contributed by atoms with E-state index in [2.05, 4.69) is 46.4 Å². The van der Waals surface area contributed by atoms with Crippen molar-refractivity contribution in [3.05, 3.63) is 64.1 Å². The molecule has 2 aliphatic rings. The molecule has 2 aromatic carbocycles. The number of anilines is 1. The first-order chi connectivity index (χ1) is 14.5. The molecule has 0 spiro atoms. The molecular formula is C23H27BrN4O2. The zero-order chi connectivity index (χ0) is 21.1. The number of nitrogens with zero attached hydrogens (tertiary/aromatic N) is 3. The Bertz CT molecular complexity index is 927. The Labute approximate surface area is 186 Å². The predicted octanol–water partition coefficient (Wildman–Crippen LogP) is 4.69. The van der Waals surface area contributed by atoms with E-state index in [4.69, 9.17) is 0 Å². The first kappa shape index (κ1) is 20.7. The maximum absolute atomic E-state index is 12.9. The highest BCUT2D eigenvalue weighted by molar-refractivity contribution is 9.10. The summed E-state index contributed by atoms with van der Waals surface area (Å²) >= 11 is 3.42. The van der Waals surface area contributed by atoms with Gasteiger partial charge in [0.2, 0.25) is 0 Å². The van der Waals surface area contributed by atoms with Crippen molar-refractivity contribution in [3.63, 3.8) is 0 Å². The molecule has 4 amide bonds. The topological polar surface area (TPSA) is 55.9 Å². The molecule has 0 unspecified atom stereocenters. The van der Waals surface area contributed by atoms with Crippen LogP contribution in [0.1, 0.15) is 24.0 Å². The number of carbonyl (C=O) groups is 2. The summed E-state index contributed by atoms with van der Waals surface area (Å²) in [6.07, 6.45) is 1.63. The van der Waals surface area contributed by atoms with E-state index in [1.54, 1.807) is 0 Å². The van der Waals surface area contributed by atoms with Crippen molar-refractivity contribution < 1.29 is 9.59 Å². The van der Waals surface area contributed by atoms with E-state index in [0.29, 0.717) is 19.6 Å². The molecule has 1 N–H and O–H groups in total. The fraction of sp³-hybridized carbons (Fsp3) is 0.391. The molecule has 158 valence electrons. The zero-order valence-corrected chi connectivity index (χ0v) is 18.8. The van der Waals surface area contributed by atoms with E-state index in [9.17, 15) is 9.59 Å². The van der Waals surface area contributed by atoms with Gasteiger partial charge in [-0.15, -0.1) is 0 Å². The Morgan fingerprint density at radius 3 is 2.57 bits per heavy atom. The van der Waals surface area contributed by atoms with Gasteiger partial charge in [0.25, 0.3) is 0 Å². The number of nitrogens with one attached hydrogen (secondary N) is 1. The standard InChI is InChI=1S/C23H27BrN4O2/c1-17-4-2-5-18(14-17)16-27-12-13-28(23(27)30)21-8-10-26(11-9-21)22(29)25-20-7-3-6-19(24)15-20/h2-7,14-15,21H,8-13,16H2,1H3,(H,25,29). The summed E-state index contributed by atoms with van der Waals surface area (Å²) in [5, 5.41) is 2.95. The van der Waals surface area contributed by atoms with Crippen molar-refractivity contribution in [1.29, 1.82) is 0 Å². The smallest absolute Gasteiger partial charge is 0.321 e. The van der Waals surface area contributed by atoms with Crippen LogP contribution in [-0.2, 0) is 6.54 Å². The van der Waals surface area contributed by atoms with Crippen molar-refractivity contribution >= 4 is 33.7 Å². The van der Waals surface area contributed by atoms with Crippen molar-refractivity contribution in [2.45, 2.75) is 32.4 Å². The number of rotatable bonds is 4. The first-order valence-electron chi connectivity index (χ1n) is 10.4. The molecule has 0 bridgehead atoms. The van der Waals surface area contributed by atoms with Crippen LogP contribution in [0.2, 0.25) is 0 Å². The molecule has 4 rings (SSSR count). The van der Waals surface area contributed by atoms with Gasteiger partial charge in [0.15, 0.2) is 0 Å². The Hall–Kier alpha value is -2.54. The second-order valence-electron chi connectivity index (χ2n) is 8.05. The third kappa shape index (κ3) is 4.78. The monoisotopic (exact) mass is 470 g/mol. The summed E-state index contributed by atoms with van der Waals surface area (Å²) in [6, 6.07) is 16.1. The van der Waals surface area contributed by atoms with Gasteiger partial charge in [-0.05, 0) is 43.5 Å². The molecule has 2 heterocycles. The molecule has 0 radical (unpaired) electrons. The molecule has 2 aliphatic heterocycles. The first-order valence-corrected chi connectivity index (χ1v) is 11.2. The summed E-state index contributed by atoms with van der Waals surface area (Å²) < 4.78 is 0.932. The van der Waals surface area contributed by atoms with Crippen LogP contribution in [-0.4, -0.2) is 59.0 Å². The molecular weight excluding hydrogens is 444 g/mol. The number of amides is 4. The average molecular weight is 471 g/mol. The van der Waals surface area contributed by atoms with Gasteiger partial charge in [-0.1, -0.05) is 51.8 Å². The zero-order valence-electron chi connectivity index (χ0n) is 17.2. The lowest BCUT2D eigenvalue weighted by Crippen LogP contribution is -2.49. The van der Waals surface area contributed by atoms with Gasteiger partial charge in [0, 0.05) is 48.9 Å². The SMILES string of the molecule is Cc1cccc(CN2CCN(C3CCN(C(=O)Nc4cccc(Br)c4)CC3)C2=O)c1. The van der Waals surface area contributed by atoms with Crippen LogP contribution >= 0.6 is 15.9 Å². The average Bonchev–Trinajstić information content (AvgIpc) is 3.08. The highest BCUT2D eigenvalue weighted by Gasteiger charge is 2.36. The Morgan fingerprint density at radius 1 is 1.07 bits per heavy atom. The Balaban J connectivity index is 1.29. The minimum absolute atomic E-state index is 0.0830. The molecule has 6 nitrogen and oxygen atoms in total. The molecule has 2 aromatic rings. The van der Waals surface area contributed by atoms with Crippen molar-refractivity contribution in [3.8, 4) is 0 Å². The van der Waals surface area contributed by atoms with E-state index >= 15 is 0 Å². The number of halogens is 1. The molecule has 2 saturated heterocycles. The molecule has 30 heavy (non-hydrogen) atoms. The van der Waals surface area contributed by atoms with E-state index in [1.165, 1.54) is 11.1 Å². The lowest BCUT2D eigenvalue weighted by atomic mass is 10.0. The quantitative estimate of drug-likeness (QED) is 0.704. The van der Waals surface area contributed by atoms with Gasteiger partial charge in [-0.2, -0.15) is 0 Å². The minimum atomic E-state index is -0.0830. The van der Waals surface area contributed by atoms with Gasteiger partial charge in [-0.25, -0.2) is 9.59 Å². The minimum Gasteiger partial charge on any atom is -0.324 e. The number of urea groups is 2. The summed E-state index contributed by atoms with van der Waals surface area (Å²) in [7, 11) is 0. The number of carbonyl (C=O) groups excluding carboxylic acids is 2. The summed E-state index contributed by atoms with van der Waals surface area (Å²) in [5.74, 6) is 0. The second kappa shape index (κ2) is 9.08. The van der Waals surface area contributed by atoms with Crippen LogP contribution in [0.3, 0.4) is 0 Å². The number of likely N-dealkylation sites (tertiary alicyclic amines) is 1. The predicted molar refractivity (Wildman–Crippen MR) is 121 cm³/mol. The molecule has 7 heteroatoms. The van der Waals surface area contributed by atoms with Crippen LogP contribution in [0, 0.1) is 6.92 Å². The van der Waals surface area contributed by atoms with Crippen molar-refractivity contribution in [2.75, 3.05) is 31.5 Å². The Morgan fingerprint density at radius 2 is 1.83 bits per heavy atom. The third-order valence-electron chi connectivity index (χ3n) is 5.85. The van der Waals surface area contributed by atoms with Crippen LogP contribution in [0.25, 0.3) is 0 Å². The normalized spacial score (nSPS) is 17.5. The van der Waals surface area contributed by atoms with E-state index in [1.807, 2.05) is 45.0 Å². The Kier molecular flexibility index (Phi) is 6.27. The summed E-state index contributed by atoms with van der Waals surface area (Å²) in [5.41, 5.74) is 3.16. The van der Waals surface area contributed by atoms with Crippen LogP contribution in [0.4, 0.5) is 15.3 Å². The maximum Gasteiger partial charge on any atom is 0.321 e. The van der Waals surface area contributed by atoms with E-state index < -0.39 is 0 Å². The number of piperidine rings is 1. The fourth-order valence-corrected chi connectivity index (χ4v) is 4.67. The summed E-state index contributed by atoms with van der Waals surface area (Å²) in [4.78, 5) is 31.3. The highest BCUT2D eigenvalue weighted by Crippen LogP contribution is 2.24. The molecule has 0 atom stereocenters. The van der Waals surface area contributed by atoms with Gasteiger partial charge < -0.3 is 20.0 Å². The molecule has 0 saturated carbocycles. The number of hydrogen-bond donors (Lipinski definition) is 1. The van der Waals surface area contributed by atoms with Gasteiger partial charge >= 0.3 is 12.1 Å². The van der Waals surface area contributed by atoms with Gasteiger partial charge in [0.1, 0.15) is 0 Å². The van der Waals surface area contributed by atoms with Gasteiger partial charge in [-0.3, -0.25) is 0 Å². The lowest BCUT2D eigenvalue weighted by molar-refractivity contribution is 0.139. The number of benzene rings is 2. The van der Waals surface area contributed by atoms with Crippen LogP contribution in [0.15, 0.2) is 53.0 Å². The molecule has 0 aliphatic carbocycles. The van der Waals surface area contributed by atoms with Gasteiger partial charge in [0.05, 0.1) is 0 Å². The number of hydrogen-bond acceptors (Lipinski definition) is 2. The highest BCUT2D eigenvalue weighted by atomic mass is 79.9. The van der Waals surface area contributed by atoms with Crippen molar-refractivity contribution in [1.82, 2.24) is 14.7 Å². The van der Waals surface area contributed by atoms with E-state index in [0.717, 1.165) is 36.1 Å². The second-order valence-corrected chi connectivity index (χ2v) is 8.96. The third-order valence-corrected chi connectivity index (χ3v) is 6.34. The molecule has 0 aromatic heterocycles. The fourth-order valence-electron chi connectivity index (χ4n) is 4.27. The lowest BCUT2D eigenvalue weighted by Gasteiger charge is -2.36. The van der Waals surface area contributed by atoms with Crippen LogP contribution in [0.5, 0.6) is 0 Å². The maximum atomic E-state index is 12.9. The summed E-state index contributed by atoms with van der Waals surface area (Å²) in [6.45, 7) is 5.57. The largest absolute Gasteiger partial charge is 0.324 e. The van der Waals surface area contributed by atoms with Crippen LogP contribution < -0.4 is 5.32 Å². The van der Waals surface area contributed by atoms with E-state index in [-0.39, 0.29) is 18.1 Å². The molecule has 2 fully saturated rings.